The molecule has 2 heterocycles. The standard InChI is InChI=1S/C14H16N4/c15-9-13-14(17-7-6-16-13)18-8-5-11-3-1-2-4-12(11)10-18/h1-4,6-7H,5,8-10,15H2. The lowest BCUT2D eigenvalue weighted by Gasteiger charge is -2.30. The minimum absolute atomic E-state index is 0.432. The first-order chi connectivity index (χ1) is 8.88. The molecular weight excluding hydrogens is 224 g/mol. The van der Waals surface area contributed by atoms with Crippen molar-refractivity contribution in [3.05, 3.63) is 53.5 Å². The van der Waals surface area contributed by atoms with Crippen LogP contribution in [0.1, 0.15) is 16.8 Å². The third-order valence-corrected chi connectivity index (χ3v) is 3.38. The molecule has 1 aliphatic rings. The van der Waals surface area contributed by atoms with Crippen molar-refractivity contribution in [2.75, 3.05) is 11.4 Å². The fourth-order valence-electron chi connectivity index (χ4n) is 2.44. The van der Waals surface area contributed by atoms with E-state index in [-0.39, 0.29) is 0 Å². The third kappa shape index (κ3) is 1.95. The van der Waals surface area contributed by atoms with Gasteiger partial charge in [0.15, 0.2) is 5.82 Å². The SMILES string of the molecule is NCc1nccnc1N1CCc2ccccc2C1. The average Bonchev–Trinajstić information content (AvgIpc) is 2.46. The molecule has 2 aromatic rings. The highest BCUT2D eigenvalue weighted by atomic mass is 15.2. The van der Waals surface area contributed by atoms with E-state index in [1.807, 2.05) is 0 Å². The Bertz CT molecular complexity index is 553. The normalized spacial score (nSPS) is 14.4. The highest BCUT2D eigenvalue weighted by Gasteiger charge is 2.19. The summed E-state index contributed by atoms with van der Waals surface area (Å²) in [5.74, 6) is 0.925. The zero-order valence-electron chi connectivity index (χ0n) is 10.2. The minimum Gasteiger partial charge on any atom is -0.350 e. The number of nitrogens with zero attached hydrogens (tertiary/aromatic N) is 3. The molecule has 0 saturated carbocycles. The van der Waals surface area contributed by atoms with Crippen LogP contribution in [0, 0.1) is 0 Å². The first-order valence-corrected chi connectivity index (χ1v) is 6.20. The molecule has 3 rings (SSSR count). The van der Waals surface area contributed by atoms with Gasteiger partial charge in [0, 0.05) is 32.0 Å². The van der Waals surface area contributed by atoms with E-state index in [0.717, 1.165) is 31.0 Å². The Balaban J connectivity index is 1.92. The Hall–Kier alpha value is -1.94. The summed E-state index contributed by atoms with van der Waals surface area (Å²) in [5, 5.41) is 0. The molecule has 0 atom stereocenters. The number of hydrogen-bond acceptors (Lipinski definition) is 4. The first kappa shape index (κ1) is 11.2. The predicted octanol–water partition coefficient (Wildman–Crippen LogP) is 1.50. The topological polar surface area (TPSA) is 55.0 Å². The van der Waals surface area contributed by atoms with E-state index < -0.39 is 0 Å². The van der Waals surface area contributed by atoms with E-state index in [1.165, 1.54) is 11.1 Å². The summed E-state index contributed by atoms with van der Waals surface area (Å²) in [6.07, 6.45) is 4.48. The lowest BCUT2D eigenvalue weighted by molar-refractivity contribution is 0.710. The van der Waals surface area contributed by atoms with Crippen LogP contribution < -0.4 is 10.6 Å². The Morgan fingerprint density at radius 3 is 2.72 bits per heavy atom. The molecule has 18 heavy (non-hydrogen) atoms. The van der Waals surface area contributed by atoms with Crippen LogP contribution in [0.2, 0.25) is 0 Å². The number of fused-ring (bicyclic) bond motifs is 1. The van der Waals surface area contributed by atoms with Gasteiger partial charge in [0.1, 0.15) is 0 Å². The van der Waals surface area contributed by atoms with Crippen molar-refractivity contribution in [2.24, 2.45) is 5.73 Å². The summed E-state index contributed by atoms with van der Waals surface area (Å²) >= 11 is 0. The number of aromatic nitrogens is 2. The van der Waals surface area contributed by atoms with E-state index in [0.29, 0.717) is 6.54 Å². The molecule has 0 saturated heterocycles. The molecule has 0 unspecified atom stereocenters. The Labute approximate surface area is 106 Å². The van der Waals surface area contributed by atoms with Gasteiger partial charge >= 0.3 is 0 Å². The average molecular weight is 240 g/mol. The van der Waals surface area contributed by atoms with Crippen molar-refractivity contribution in [2.45, 2.75) is 19.5 Å². The fraction of sp³-hybridized carbons (Fsp3) is 0.286. The molecule has 0 radical (unpaired) electrons. The van der Waals surface area contributed by atoms with Crippen LogP contribution in [0.4, 0.5) is 5.82 Å². The molecular formula is C14H16N4. The maximum Gasteiger partial charge on any atom is 0.151 e. The van der Waals surface area contributed by atoms with E-state index >= 15 is 0 Å². The largest absolute Gasteiger partial charge is 0.350 e. The molecule has 0 bridgehead atoms. The lowest BCUT2D eigenvalue weighted by Crippen LogP contribution is -2.32. The molecule has 2 N–H and O–H groups in total. The molecule has 0 spiro atoms. The molecule has 1 aliphatic heterocycles. The van der Waals surface area contributed by atoms with Crippen LogP contribution in [0.3, 0.4) is 0 Å². The lowest BCUT2D eigenvalue weighted by atomic mass is 10.00. The Morgan fingerprint density at radius 2 is 1.89 bits per heavy atom. The molecule has 0 amide bonds. The van der Waals surface area contributed by atoms with Crippen molar-refractivity contribution in [3.8, 4) is 0 Å². The summed E-state index contributed by atoms with van der Waals surface area (Å²) < 4.78 is 0. The summed E-state index contributed by atoms with van der Waals surface area (Å²) in [5.41, 5.74) is 9.40. The van der Waals surface area contributed by atoms with Gasteiger partial charge in [-0.15, -0.1) is 0 Å². The van der Waals surface area contributed by atoms with Gasteiger partial charge in [-0.1, -0.05) is 24.3 Å². The molecule has 4 heteroatoms. The highest BCUT2D eigenvalue weighted by Crippen LogP contribution is 2.24. The van der Waals surface area contributed by atoms with Crippen molar-refractivity contribution >= 4 is 5.82 Å². The van der Waals surface area contributed by atoms with Gasteiger partial charge in [0.2, 0.25) is 0 Å². The van der Waals surface area contributed by atoms with Gasteiger partial charge < -0.3 is 10.6 Å². The maximum atomic E-state index is 5.72. The van der Waals surface area contributed by atoms with Gasteiger partial charge in [0.25, 0.3) is 0 Å². The third-order valence-electron chi connectivity index (χ3n) is 3.38. The zero-order chi connectivity index (χ0) is 12.4. The number of benzene rings is 1. The number of anilines is 1. The van der Waals surface area contributed by atoms with Crippen LogP contribution in [0.5, 0.6) is 0 Å². The second-order valence-electron chi connectivity index (χ2n) is 4.47. The monoisotopic (exact) mass is 240 g/mol. The van der Waals surface area contributed by atoms with E-state index in [4.69, 9.17) is 5.73 Å². The van der Waals surface area contributed by atoms with Crippen LogP contribution in [-0.2, 0) is 19.5 Å². The van der Waals surface area contributed by atoms with E-state index in [9.17, 15) is 0 Å². The van der Waals surface area contributed by atoms with Crippen LogP contribution in [-0.4, -0.2) is 16.5 Å². The summed E-state index contributed by atoms with van der Waals surface area (Å²) in [6, 6.07) is 8.57. The van der Waals surface area contributed by atoms with Gasteiger partial charge in [-0.25, -0.2) is 4.98 Å². The minimum atomic E-state index is 0.432. The van der Waals surface area contributed by atoms with Gasteiger partial charge in [-0.3, -0.25) is 4.98 Å². The van der Waals surface area contributed by atoms with Gasteiger partial charge in [0.05, 0.1) is 5.69 Å². The second-order valence-corrected chi connectivity index (χ2v) is 4.47. The van der Waals surface area contributed by atoms with Crippen LogP contribution in [0.25, 0.3) is 0 Å². The molecule has 0 fully saturated rings. The van der Waals surface area contributed by atoms with Crippen molar-refractivity contribution in [1.82, 2.24) is 9.97 Å². The number of rotatable bonds is 2. The summed E-state index contributed by atoms with van der Waals surface area (Å²) in [6.45, 7) is 2.30. The Morgan fingerprint density at radius 1 is 1.11 bits per heavy atom. The van der Waals surface area contributed by atoms with Crippen LogP contribution >= 0.6 is 0 Å². The summed E-state index contributed by atoms with van der Waals surface area (Å²) in [4.78, 5) is 11.0. The maximum absolute atomic E-state index is 5.72. The Kier molecular flexibility index (Phi) is 2.94. The number of nitrogens with two attached hydrogens (primary N) is 1. The quantitative estimate of drug-likeness (QED) is 0.864. The fourth-order valence-corrected chi connectivity index (χ4v) is 2.44. The zero-order valence-corrected chi connectivity index (χ0v) is 10.2. The molecule has 1 aromatic carbocycles. The van der Waals surface area contributed by atoms with Crippen LogP contribution in [0.15, 0.2) is 36.7 Å². The molecule has 1 aromatic heterocycles. The smallest absolute Gasteiger partial charge is 0.151 e. The highest BCUT2D eigenvalue weighted by molar-refractivity contribution is 5.47. The van der Waals surface area contributed by atoms with Gasteiger partial charge in [-0.2, -0.15) is 0 Å². The van der Waals surface area contributed by atoms with Crippen molar-refractivity contribution < 1.29 is 0 Å². The second kappa shape index (κ2) is 4.74. The summed E-state index contributed by atoms with van der Waals surface area (Å²) in [7, 11) is 0. The van der Waals surface area contributed by atoms with E-state index in [1.54, 1.807) is 12.4 Å². The van der Waals surface area contributed by atoms with Crippen molar-refractivity contribution in [1.29, 1.82) is 0 Å². The molecule has 4 nitrogen and oxygen atoms in total. The van der Waals surface area contributed by atoms with Gasteiger partial charge in [-0.05, 0) is 17.5 Å². The van der Waals surface area contributed by atoms with Crippen molar-refractivity contribution in [3.63, 3.8) is 0 Å². The number of hydrogen-bond donors (Lipinski definition) is 1. The molecule has 92 valence electrons. The predicted molar refractivity (Wildman–Crippen MR) is 71.1 cm³/mol. The molecule has 0 aliphatic carbocycles. The first-order valence-electron chi connectivity index (χ1n) is 6.20. The van der Waals surface area contributed by atoms with E-state index in [2.05, 4.69) is 39.1 Å².